The first-order valence-corrected chi connectivity index (χ1v) is 10.7. The van der Waals surface area contributed by atoms with Gasteiger partial charge < -0.3 is 9.64 Å². The monoisotopic (exact) mass is 446 g/mol. The number of nitrogens with zero attached hydrogens (tertiary/aromatic N) is 2. The molecule has 0 bridgehead atoms. The Balaban J connectivity index is 1.75. The third kappa shape index (κ3) is 4.25. The van der Waals surface area contributed by atoms with Gasteiger partial charge in [0.05, 0.1) is 17.9 Å². The third-order valence-corrected chi connectivity index (χ3v) is 5.49. The highest BCUT2D eigenvalue weighted by molar-refractivity contribution is 6.45. The summed E-state index contributed by atoms with van der Waals surface area (Å²) in [5.41, 5.74) is 2.90. The molecular weight excluding hydrogens is 424 g/mol. The summed E-state index contributed by atoms with van der Waals surface area (Å²) < 4.78 is 5.49. The molecule has 1 aliphatic heterocycles. The molecule has 0 spiro atoms. The molecule has 0 fully saturated rings. The van der Waals surface area contributed by atoms with E-state index < -0.39 is 0 Å². The molecule has 6 heteroatoms. The first-order valence-electron chi connectivity index (χ1n) is 10.4. The highest BCUT2D eigenvalue weighted by atomic mass is 35.5. The first-order chi connectivity index (χ1) is 15.5. The van der Waals surface area contributed by atoms with Crippen molar-refractivity contribution >= 4 is 34.7 Å². The normalized spacial score (nSPS) is 13.7. The number of likely N-dealkylation sites (N-methyl/N-ethyl adjacent to an activating group) is 1. The van der Waals surface area contributed by atoms with Crippen LogP contribution in [0.15, 0.2) is 84.6 Å². The van der Waals surface area contributed by atoms with Crippen molar-refractivity contribution in [3.63, 3.8) is 0 Å². The fourth-order valence-electron chi connectivity index (χ4n) is 3.78. The van der Waals surface area contributed by atoms with E-state index >= 15 is 0 Å². The van der Waals surface area contributed by atoms with E-state index in [9.17, 15) is 9.59 Å². The summed E-state index contributed by atoms with van der Waals surface area (Å²) in [6, 6.07) is 23.8. The van der Waals surface area contributed by atoms with Crippen LogP contribution in [0.25, 0.3) is 5.57 Å². The van der Waals surface area contributed by atoms with E-state index in [1.807, 2.05) is 49.2 Å². The summed E-state index contributed by atoms with van der Waals surface area (Å²) in [7, 11) is 1.82. The van der Waals surface area contributed by atoms with E-state index in [2.05, 4.69) is 0 Å². The van der Waals surface area contributed by atoms with Crippen LogP contribution in [0.4, 0.5) is 5.69 Å². The number of rotatable bonds is 7. The summed E-state index contributed by atoms with van der Waals surface area (Å²) >= 11 is 6.05. The minimum absolute atomic E-state index is 0.357. The molecule has 2 amide bonds. The molecule has 162 valence electrons. The van der Waals surface area contributed by atoms with Crippen molar-refractivity contribution in [1.29, 1.82) is 0 Å². The molecule has 0 saturated carbocycles. The van der Waals surface area contributed by atoms with Crippen molar-refractivity contribution in [3.8, 4) is 5.75 Å². The van der Waals surface area contributed by atoms with Crippen LogP contribution in [0.3, 0.4) is 0 Å². The number of anilines is 1. The van der Waals surface area contributed by atoms with Gasteiger partial charge in [-0.15, -0.1) is 0 Å². The largest absolute Gasteiger partial charge is 0.494 e. The fraction of sp³-hybridized carbons (Fsp3) is 0.154. The van der Waals surface area contributed by atoms with Gasteiger partial charge in [-0.3, -0.25) is 9.59 Å². The van der Waals surface area contributed by atoms with Crippen LogP contribution < -0.4 is 9.64 Å². The van der Waals surface area contributed by atoms with E-state index in [-0.39, 0.29) is 11.8 Å². The van der Waals surface area contributed by atoms with E-state index in [1.165, 1.54) is 4.90 Å². The minimum atomic E-state index is -0.364. The lowest BCUT2D eigenvalue weighted by Crippen LogP contribution is -2.34. The van der Waals surface area contributed by atoms with Crippen molar-refractivity contribution in [3.05, 3.63) is 101 Å². The van der Waals surface area contributed by atoms with Crippen LogP contribution in [0, 0.1) is 0 Å². The van der Waals surface area contributed by atoms with Crippen molar-refractivity contribution < 1.29 is 14.3 Å². The molecule has 0 aliphatic carbocycles. The molecule has 0 N–H and O–H groups in total. The Morgan fingerprint density at radius 1 is 0.875 bits per heavy atom. The number of carbonyl (C=O) groups excluding carboxylic acids is 2. The number of hydrogen-bond acceptors (Lipinski definition) is 4. The van der Waals surface area contributed by atoms with E-state index in [0.29, 0.717) is 46.4 Å². The molecule has 4 rings (SSSR count). The lowest BCUT2D eigenvalue weighted by atomic mass is 10.0. The molecular formula is C26H23ClN2O3. The molecule has 0 saturated heterocycles. The summed E-state index contributed by atoms with van der Waals surface area (Å²) in [5, 5.41) is 0.564. The van der Waals surface area contributed by atoms with E-state index in [0.717, 1.165) is 5.56 Å². The average Bonchev–Trinajstić information content (AvgIpc) is 3.06. The summed E-state index contributed by atoms with van der Waals surface area (Å²) in [6.45, 7) is 2.93. The Morgan fingerprint density at radius 3 is 2.16 bits per heavy atom. The van der Waals surface area contributed by atoms with Gasteiger partial charge in [-0.2, -0.15) is 0 Å². The number of halogens is 1. The van der Waals surface area contributed by atoms with E-state index in [4.69, 9.17) is 16.3 Å². The predicted molar refractivity (Wildman–Crippen MR) is 126 cm³/mol. The molecule has 32 heavy (non-hydrogen) atoms. The topological polar surface area (TPSA) is 49.9 Å². The number of amides is 2. The zero-order valence-electron chi connectivity index (χ0n) is 17.9. The standard InChI is InChI=1S/C26H23ClN2O3/c1-3-32-22-15-13-21(14-16-22)29-25(30)23(19-9-11-20(27)12-10-19)24(26(29)31)28(2)17-18-7-5-4-6-8-18/h4-16H,3,17H2,1-2H3. The molecule has 3 aromatic carbocycles. The van der Waals surface area contributed by atoms with Crippen LogP contribution in [0.1, 0.15) is 18.1 Å². The summed E-state index contributed by atoms with van der Waals surface area (Å²) in [5.74, 6) is -0.0402. The Hall–Kier alpha value is -3.57. The highest BCUT2D eigenvalue weighted by Gasteiger charge is 2.41. The SMILES string of the molecule is CCOc1ccc(N2C(=O)C(c3ccc(Cl)cc3)=C(N(C)Cc3ccccc3)C2=O)cc1. The Labute approximate surface area is 192 Å². The second-order valence-electron chi connectivity index (χ2n) is 7.44. The Kier molecular flexibility index (Phi) is 6.28. The van der Waals surface area contributed by atoms with Gasteiger partial charge >= 0.3 is 0 Å². The zero-order chi connectivity index (χ0) is 22.7. The molecule has 0 radical (unpaired) electrons. The van der Waals surface area contributed by atoms with Crippen LogP contribution in [0.2, 0.25) is 5.02 Å². The summed E-state index contributed by atoms with van der Waals surface area (Å²) in [6.07, 6.45) is 0. The van der Waals surface area contributed by atoms with Gasteiger partial charge in [-0.05, 0) is 54.4 Å². The van der Waals surface area contributed by atoms with Gasteiger partial charge in [0.25, 0.3) is 11.8 Å². The molecule has 1 heterocycles. The van der Waals surface area contributed by atoms with E-state index in [1.54, 1.807) is 48.5 Å². The Bertz CT molecular complexity index is 1160. The number of benzene rings is 3. The number of carbonyl (C=O) groups is 2. The van der Waals surface area contributed by atoms with Crippen LogP contribution >= 0.6 is 11.6 Å². The lowest BCUT2D eigenvalue weighted by Gasteiger charge is -2.21. The number of imide groups is 1. The summed E-state index contributed by atoms with van der Waals surface area (Å²) in [4.78, 5) is 30.1. The smallest absolute Gasteiger partial charge is 0.282 e. The van der Waals surface area contributed by atoms with Gasteiger partial charge in [0.1, 0.15) is 11.4 Å². The maximum Gasteiger partial charge on any atom is 0.282 e. The van der Waals surface area contributed by atoms with Crippen molar-refractivity contribution in [1.82, 2.24) is 4.90 Å². The van der Waals surface area contributed by atoms with Gasteiger partial charge in [0.15, 0.2) is 0 Å². The average molecular weight is 447 g/mol. The molecule has 5 nitrogen and oxygen atoms in total. The predicted octanol–water partition coefficient (Wildman–Crippen LogP) is 5.16. The quantitative estimate of drug-likeness (QED) is 0.471. The Morgan fingerprint density at radius 2 is 1.53 bits per heavy atom. The molecule has 1 aliphatic rings. The zero-order valence-corrected chi connectivity index (χ0v) is 18.7. The van der Waals surface area contributed by atoms with Crippen molar-refractivity contribution in [2.45, 2.75) is 13.5 Å². The second-order valence-corrected chi connectivity index (χ2v) is 7.88. The maximum atomic E-state index is 13.6. The second kappa shape index (κ2) is 9.28. The third-order valence-electron chi connectivity index (χ3n) is 5.24. The van der Waals surface area contributed by atoms with Crippen LogP contribution in [-0.4, -0.2) is 30.4 Å². The lowest BCUT2D eigenvalue weighted by molar-refractivity contribution is -0.120. The van der Waals surface area contributed by atoms with Crippen molar-refractivity contribution in [2.24, 2.45) is 0 Å². The maximum absolute atomic E-state index is 13.6. The molecule has 0 atom stereocenters. The fourth-order valence-corrected chi connectivity index (χ4v) is 3.90. The van der Waals surface area contributed by atoms with Crippen molar-refractivity contribution in [2.75, 3.05) is 18.6 Å². The molecule has 0 aromatic heterocycles. The molecule has 0 unspecified atom stereocenters. The minimum Gasteiger partial charge on any atom is -0.494 e. The highest BCUT2D eigenvalue weighted by Crippen LogP contribution is 2.35. The van der Waals surface area contributed by atoms with Gasteiger partial charge in [0, 0.05) is 18.6 Å². The van der Waals surface area contributed by atoms with Gasteiger partial charge in [0.2, 0.25) is 0 Å². The number of hydrogen-bond donors (Lipinski definition) is 0. The van der Waals surface area contributed by atoms with Crippen LogP contribution in [0.5, 0.6) is 5.75 Å². The van der Waals surface area contributed by atoms with Gasteiger partial charge in [-0.1, -0.05) is 54.1 Å². The number of ether oxygens (including phenoxy) is 1. The molecule has 3 aromatic rings. The first kappa shape index (κ1) is 21.7. The van der Waals surface area contributed by atoms with Crippen LogP contribution in [-0.2, 0) is 16.1 Å². The van der Waals surface area contributed by atoms with Gasteiger partial charge in [-0.25, -0.2) is 4.90 Å².